The molecule has 208 valence electrons. The molecule has 2 aliphatic heterocycles. The van der Waals surface area contributed by atoms with E-state index in [0.717, 1.165) is 5.56 Å². The number of aromatic nitrogens is 2. The average Bonchev–Trinajstić information content (AvgIpc) is 3.62. The Bertz CT molecular complexity index is 1580. The number of amides is 1. The summed E-state index contributed by atoms with van der Waals surface area (Å²) in [7, 11) is 0. The molecule has 3 heterocycles. The maximum atomic E-state index is 13.5. The number of Topliss-reactive ketones (excluding diaryl/α,β-unsaturated/α-hetero) is 1. The Labute approximate surface area is 237 Å². The predicted molar refractivity (Wildman–Crippen MR) is 151 cm³/mol. The predicted octanol–water partition coefficient (Wildman–Crippen LogP) is 4.75. The minimum atomic E-state index is -0.800. The number of hydrogen-bond acceptors (Lipinski definition) is 7. The van der Waals surface area contributed by atoms with Gasteiger partial charge in [-0.2, -0.15) is 0 Å². The summed E-state index contributed by atoms with van der Waals surface area (Å²) in [6, 6.07) is 21.3. The quantitative estimate of drug-likeness (QED) is 0.182. The molecule has 1 saturated heterocycles. The fraction of sp³-hybridized carbons (Fsp3) is 0.219. The van der Waals surface area contributed by atoms with Crippen molar-refractivity contribution in [2.45, 2.75) is 25.6 Å². The molecule has 1 N–H and O–H groups in total. The van der Waals surface area contributed by atoms with Crippen molar-refractivity contribution in [3.05, 3.63) is 114 Å². The van der Waals surface area contributed by atoms with Gasteiger partial charge in [0.15, 0.2) is 11.5 Å². The van der Waals surface area contributed by atoms with Crippen molar-refractivity contribution in [3.63, 3.8) is 0 Å². The van der Waals surface area contributed by atoms with Crippen LogP contribution in [0.1, 0.15) is 29.2 Å². The summed E-state index contributed by atoms with van der Waals surface area (Å²) >= 11 is 0. The van der Waals surface area contributed by atoms with Crippen LogP contribution in [0.2, 0.25) is 0 Å². The Morgan fingerprint density at radius 2 is 1.78 bits per heavy atom. The molecule has 6 rings (SSSR count). The number of aryl methyl sites for hydroxylation is 1. The van der Waals surface area contributed by atoms with Crippen molar-refractivity contribution in [1.82, 2.24) is 14.5 Å². The molecule has 0 aliphatic carbocycles. The zero-order chi connectivity index (χ0) is 28.2. The Morgan fingerprint density at radius 1 is 0.951 bits per heavy atom. The van der Waals surface area contributed by atoms with Gasteiger partial charge in [0.2, 0.25) is 0 Å². The Hall–Kier alpha value is -5.05. The van der Waals surface area contributed by atoms with E-state index in [4.69, 9.17) is 14.2 Å². The zero-order valence-electron chi connectivity index (χ0n) is 22.3. The van der Waals surface area contributed by atoms with E-state index in [-0.39, 0.29) is 11.3 Å². The maximum Gasteiger partial charge on any atom is 0.295 e. The number of nitrogens with zero attached hydrogens (tertiary/aromatic N) is 3. The minimum absolute atomic E-state index is 0.0227. The molecule has 0 saturated carbocycles. The Morgan fingerprint density at radius 3 is 2.59 bits per heavy atom. The van der Waals surface area contributed by atoms with Crippen LogP contribution in [0.3, 0.4) is 0 Å². The van der Waals surface area contributed by atoms with E-state index in [1.54, 1.807) is 30.7 Å². The monoisotopic (exact) mass is 551 g/mol. The van der Waals surface area contributed by atoms with Gasteiger partial charge in [0.25, 0.3) is 11.7 Å². The molecule has 4 aromatic rings. The first-order valence-corrected chi connectivity index (χ1v) is 13.5. The summed E-state index contributed by atoms with van der Waals surface area (Å²) in [4.78, 5) is 32.5. The van der Waals surface area contributed by atoms with Crippen molar-refractivity contribution in [2.24, 2.45) is 0 Å². The van der Waals surface area contributed by atoms with Crippen LogP contribution in [-0.4, -0.2) is 51.0 Å². The number of carbonyl (C=O) groups excluding carboxylic acids is 2. The third-order valence-electron chi connectivity index (χ3n) is 7.15. The van der Waals surface area contributed by atoms with Crippen LogP contribution in [0, 0.1) is 0 Å². The lowest BCUT2D eigenvalue weighted by Crippen LogP contribution is -2.31. The van der Waals surface area contributed by atoms with Crippen molar-refractivity contribution >= 4 is 17.4 Å². The number of ketones is 1. The molecular formula is C32H29N3O6. The van der Waals surface area contributed by atoms with E-state index < -0.39 is 17.7 Å². The first-order chi connectivity index (χ1) is 20.1. The van der Waals surface area contributed by atoms with Crippen LogP contribution in [0.4, 0.5) is 0 Å². The lowest BCUT2D eigenvalue weighted by Gasteiger charge is -2.26. The van der Waals surface area contributed by atoms with E-state index in [1.165, 1.54) is 4.90 Å². The largest absolute Gasteiger partial charge is 0.507 e. The van der Waals surface area contributed by atoms with Crippen molar-refractivity contribution in [1.29, 1.82) is 0 Å². The van der Waals surface area contributed by atoms with Gasteiger partial charge >= 0.3 is 0 Å². The molecule has 0 radical (unpaired) electrons. The number of ether oxygens (including phenoxy) is 3. The van der Waals surface area contributed by atoms with Crippen LogP contribution < -0.4 is 14.2 Å². The minimum Gasteiger partial charge on any atom is -0.507 e. The number of aliphatic hydroxyl groups excluding tert-OH is 1. The van der Waals surface area contributed by atoms with Crippen LogP contribution >= 0.6 is 0 Å². The van der Waals surface area contributed by atoms with Gasteiger partial charge < -0.3 is 28.8 Å². The van der Waals surface area contributed by atoms with Gasteiger partial charge in [-0.3, -0.25) is 9.59 Å². The van der Waals surface area contributed by atoms with E-state index in [9.17, 15) is 14.7 Å². The average molecular weight is 552 g/mol. The van der Waals surface area contributed by atoms with E-state index in [1.807, 2.05) is 65.4 Å². The normalized spacial score (nSPS) is 17.6. The smallest absolute Gasteiger partial charge is 0.295 e. The number of aliphatic hydroxyl groups is 1. The number of fused-ring (bicyclic) bond motifs is 1. The molecule has 0 bridgehead atoms. The second-order valence-corrected chi connectivity index (χ2v) is 9.85. The fourth-order valence-electron chi connectivity index (χ4n) is 5.16. The van der Waals surface area contributed by atoms with Crippen molar-refractivity contribution in [3.8, 4) is 17.2 Å². The third kappa shape index (κ3) is 5.51. The highest BCUT2D eigenvalue weighted by molar-refractivity contribution is 6.46. The molecule has 2 aliphatic rings. The Balaban J connectivity index is 1.35. The molecule has 3 aromatic carbocycles. The van der Waals surface area contributed by atoms with E-state index in [2.05, 4.69) is 4.98 Å². The summed E-state index contributed by atoms with van der Waals surface area (Å²) in [5, 5.41) is 11.5. The highest BCUT2D eigenvalue weighted by Crippen LogP contribution is 2.42. The molecule has 1 aromatic heterocycles. The van der Waals surface area contributed by atoms with Crippen LogP contribution in [-0.2, 0) is 22.7 Å². The molecule has 1 amide bonds. The molecule has 9 nitrogen and oxygen atoms in total. The van der Waals surface area contributed by atoms with Gasteiger partial charge in [0.1, 0.15) is 31.3 Å². The first-order valence-electron chi connectivity index (χ1n) is 13.5. The standard InChI is InChI=1S/C32H29N3O6/c36-30(24-10-11-26-27(19-24)40-17-16-39-26)28-29(35(32(38)31(28)37)14-5-13-34-15-12-33-21-34)23-8-4-9-25(18-23)41-20-22-6-2-1-3-7-22/h1-4,6-12,15,18-19,21,29,36H,5,13-14,16-17,20H2/t29-/m0/s1. The van der Waals surface area contributed by atoms with E-state index in [0.29, 0.717) is 67.7 Å². The summed E-state index contributed by atoms with van der Waals surface area (Å²) < 4.78 is 19.2. The van der Waals surface area contributed by atoms with Gasteiger partial charge in [0.05, 0.1) is 17.9 Å². The summed E-state index contributed by atoms with van der Waals surface area (Å²) in [6.45, 7) is 2.12. The van der Waals surface area contributed by atoms with Gasteiger partial charge in [0, 0.05) is 31.0 Å². The lowest BCUT2D eigenvalue weighted by atomic mass is 9.95. The topological polar surface area (TPSA) is 103 Å². The number of likely N-dealkylation sites (tertiary alicyclic amines) is 1. The zero-order valence-corrected chi connectivity index (χ0v) is 22.3. The second-order valence-electron chi connectivity index (χ2n) is 9.85. The summed E-state index contributed by atoms with van der Waals surface area (Å²) in [6.07, 6.45) is 5.84. The molecule has 41 heavy (non-hydrogen) atoms. The molecule has 1 fully saturated rings. The number of imidazole rings is 1. The van der Waals surface area contributed by atoms with Gasteiger partial charge in [-0.05, 0) is 47.9 Å². The van der Waals surface area contributed by atoms with Gasteiger partial charge in [-0.25, -0.2) is 4.98 Å². The number of hydrogen-bond donors (Lipinski definition) is 1. The van der Waals surface area contributed by atoms with Gasteiger partial charge in [-0.1, -0.05) is 42.5 Å². The SMILES string of the molecule is O=C1C(=O)N(CCCn2ccnc2)[C@@H](c2cccc(OCc3ccccc3)c2)C1=C(O)c1ccc2c(c1)OCCO2. The molecule has 1 atom stereocenters. The summed E-state index contributed by atoms with van der Waals surface area (Å²) in [5.74, 6) is -0.0287. The highest BCUT2D eigenvalue weighted by Gasteiger charge is 2.46. The van der Waals surface area contributed by atoms with E-state index >= 15 is 0 Å². The highest BCUT2D eigenvalue weighted by atomic mass is 16.6. The first kappa shape index (κ1) is 26.2. The van der Waals surface area contributed by atoms with Gasteiger partial charge in [-0.15, -0.1) is 0 Å². The maximum absolute atomic E-state index is 13.5. The lowest BCUT2D eigenvalue weighted by molar-refractivity contribution is -0.139. The van der Waals surface area contributed by atoms with Crippen LogP contribution in [0.5, 0.6) is 17.2 Å². The van der Waals surface area contributed by atoms with Crippen LogP contribution in [0.15, 0.2) is 97.1 Å². The molecule has 0 spiro atoms. The number of carbonyl (C=O) groups is 2. The molecule has 0 unspecified atom stereocenters. The fourth-order valence-corrected chi connectivity index (χ4v) is 5.16. The molecule has 9 heteroatoms. The number of rotatable bonds is 9. The van der Waals surface area contributed by atoms with Crippen molar-refractivity contribution in [2.75, 3.05) is 19.8 Å². The molecular weight excluding hydrogens is 522 g/mol. The second kappa shape index (κ2) is 11.6. The number of benzene rings is 3. The van der Waals surface area contributed by atoms with Crippen molar-refractivity contribution < 1.29 is 28.9 Å². The summed E-state index contributed by atoms with van der Waals surface area (Å²) in [5.41, 5.74) is 2.07. The third-order valence-corrected chi connectivity index (χ3v) is 7.15. The van der Waals surface area contributed by atoms with Crippen LogP contribution in [0.25, 0.3) is 5.76 Å². The Kier molecular flexibility index (Phi) is 7.40.